The molecule has 1 unspecified atom stereocenters. The Balaban J connectivity index is 1.83. The predicted octanol–water partition coefficient (Wildman–Crippen LogP) is 2.76. The van der Waals surface area contributed by atoms with Crippen LogP contribution in [0.3, 0.4) is 0 Å². The molecule has 4 heteroatoms. The fourth-order valence-electron chi connectivity index (χ4n) is 2.04. The fourth-order valence-corrected chi connectivity index (χ4v) is 2.04. The summed E-state index contributed by atoms with van der Waals surface area (Å²) in [6, 6.07) is 18.0. The van der Waals surface area contributed by atoms with Gasteiger partial charge in [-0.2, -0.15) is 0 Å². The molecule has 3 amide bonds. The molecule has 1 atom stereocenters. The number of carbonyl (C=O) groups excluding carboxylic acids is 2. The Morgan fingerprint density at radius 2 is 1.52 bits per heavy atom. The first-order valence-corrected chi connectivity index (χ1v) is 6.86. The van der Waals surface area contributed by atoms with E-state index >= 15 is 0 Å². The van der Waals surface area contributed by atoms with Crippen molar-refractivity contribution in [1.82, 2.24) is 10.6 Å². The van der Waals surface area contributed by atoms with Crippen LogP contribution >= 0.6 is 0 Å². The van der Waals surface area contributed by atoms with E-state index in [1.54, 1.807) is 24.3 Å². The molecule has 0 spiro atoms. The number of amides is 3. The first-order valence-electron chi connectivity index (χ1n) is 6.86. The van der Waals surface area contributed by atoms with E-state index in [1.807, 2.05) is 43.3 Å². The summed E-state index contributed by atoms with van der Waals surface area (Å²) in [4.78, 5) is 23.6. The summed E-state index contributed by atoms with van der Waals surface area (Å²) in [5.74, 6) is -0.403. The van der Waals surface area contributed by atoms with Crippen molar-refractivity contribution < 1.29 is 9.59 Å². The maximum Gasteiger partial charge on any atom is 0.321 e. The summed E-state index contributed by atoms with van der Waals surface area (Å²) in [6.45, 7) is 1.90. The molecule has 0 aromatic heterocycles. The minimum atomic E-state index is -0.479. The number of hydrogen-bond acceptors (Lipinski definition) is 2. The lowest BCUT2D eigenvalue weighted by molar-refractivity contribution is 0.0963. The first kappa shape index (κ1) is 14.8. The Labute approximate surface area is 124 Å². The van der Waals surface area contributed by atoms with E-state index < -0.39 is 11.9 Å². The van der Waals surface area contributed by atoms with Gasteiger partial charge in [0.2, 0.25) is 0 Å². The van der Waals surface area contributed by atoms with Crippen molar-refractivity contribution in [1.29, 1.82) is 0 Å². The molecule has 0 radical (unpaired) electrons. The van der Waals surface area contributed by atoms with Gasteiger partial charge in [-0.1, -0.05) is 48.5 Å². The summed E-state index contributed by atoms with van der Waals surface area (Å²) in [7, 11) is 0. The molecule has 4 nitrogen and oxygen atoms in total. The summed E-state index contributed by atoms with van der Waals surface area (Å²) in [5.41, 5.74) is 1.60. The monoisotopic (exact) mass is 282 g/mol. The SMILES string of the molecule is CC(Cc1ccccc1)NC(=O)NC(=O)c1ccccc1. The van der Waals surface area contributed by atoms with Crippen LogP contribution in [0.4, 0.5) is 4.79 Å². The van der Waals surface area contributed by atoms with E-state index in [2.05, 4.69) is 10.6 Å². The lowest BCUT2D eigenvalue weighted by Gasteiger charge is -2.14. The molecule has 0 saturated carbocycles. The molecule has 108 valence electrons. The van der Waals surface area contributed by atoms with Gasteiger partial charge in [-0.15, -0.1) is 0 Å². The Hall–Kier alpha value is -2.62. The van der Waals surface area contributed by atoms with Gasteiger partial charge in [0.1, 0.15) is 0 Å². The predicted molar refractivity (Wildman–Crippen MR) is 82.0 cm³/mol. The third-order valence-electron chi connectivity index (χ3n) is 3.03. The molecule has 0 aliphatic rings. The number of rotatable bonds is 4. The zero-order valence-corrected chi connectivity index (χ0v) is 11.9. The molecule has 2 rings (SSSR count). The maximum absolute atomic E-state index is 11.8. The molecular formula is C17H18N2O2. The van der Waals surface area contributed by atoms with Crippen LogP contribution in [-0.4, -0.2) is 18.0 Å². The number of carbonyl (C=O) groups is 2. The van der Waals surface area contributed by atoms with Crippen molar-refractivity contribution in [3.63, 3.8) is 0 Å². The van der Waals surface area contributed by atoms with Crippen LogP contribution in [0.2, 0.25) is 0 Å². The van der Waals surface area contributed by atoms with E-state index in [0.29, 0.717) is 12.0 Å². The van der Waals surface area contributed by atoms with Crippen molar-refractivity contribution in [3.05, 3.63) is 71.8 Å². The van der Waals surface area contributed by atoms with Crippen molar-refractivity contribution in [2.75, 3.05) is 0 Å². The minimum absolute atomic E-state index is 0.0593. The topological polar surface area (TPSA) is 58.2 Å². The third kappa shape index (κ3) is 4.76. The van der Waals surface area contributed by atoms with Crippen LogP contribution in [0.1, 0.15) is 22.8 Å². The lowest BCUT2D eigenvalue weighted by atomic mass is 10.1. The van der Waals surface area contributed by atoms with Crippen LogP contribution in [-0.2, 0) is 6.42 Å². The minimum Gasteiger partial charge on any atom is -0.335 e. The van der Waals surface area contributed by atoms with Crippen LogP contribution in [0, 0.1) is 0 Å². The maximum atomic E-state index is 11.8. The van der Waals surface area contributed by atoms with Gasteiger partial charge in [0.05, 0.1) is 0 Å². The van der Waals surface area contributed by atoms with Crippen LogP contribution < -0.4 is 10.6 Å². The highest BCUT2D eigenvalue weighted by molar-refractivity contribution is 6.04. The van der Waals surface area contributed by atoms with Gasteiger partial charge in [-0.25, -0.2) is 4.79 Å². The summed E-state index contributed by atoms with van der Waals surface area (Å²) < 4.78 is 0. The molecule has 0 bridgehead atoms. The molecule has 2 N–H and O–H groups in total. The van der Waals surface area contributed by atoms with E-state index in [0.717, 1.165) is 5.56 Å². The van der Waals surface area contributed by atoms with Gasteiger partial charge in [0.25, 0.3) is 5.91 Å². The van der Waals surface area contributed by atoms with E-state index in [-0.39, 0.29) is 6.04 Å². The lowest BCUT2D eigenvalue weighted by Crippen LogP contribution is -2.44. The largest absolute Gasteiger partial charge is 0.335 e. The van der Waals surface area contributed by atoms with Crippen molar-refractivity contribution in [2.45, 2.75) is 19.4 Å². The molecule has 21 heavy (non-hydrogen) atoms. The zero-order chi connectivity index (χ0) is 15.1. The average molecular weight is 282 g/mol. The Morgan fingerprint density at radius 3 is 2.14 bits per heavy atom. The molecular weight excluding hydrogens is 264 g/mol. The molecule has 2 aromatic carbocycles. The standard InChI is InChI=1S/C17H18N2O2/c1-13(12-14-8-4-2-5-9-14)18-17(21)19-16(20)15-10-6-3-7-11-15/h2-11,13H,12H2,1H3,(H2,18,19,20,21). The van der Waals surface area contributed by atoms with Crippen molar-refractivity contribution >= 4 is 11.9 Å². The molecule has 0 fully saturated rings. The summed E-state index contributed by atoms with van der Waals surface area (Å²) >= 11 is 0. The highest BCUT2D eigenvalue weighted by Crippen LogP contribution is 2.03. The van der Waals surface area contributed by atoms with E-state index in [9.17, 15) is 9.59 Å². The first-order chi connectivity index (χ1) is 10.1. The van der Waals surface area contributed by atoms with Crippen LogP contribution in [0.15, 0.2) is 60.7 Å². The molecule has 0 saturated heterocycles. The van der Waals surface area contributed by atoms with Gasteiger partial charge in [0, 0.05) is 11.6 Å². The molecule has 2 aromatic rings. The van der Waals surface area contributed by atoms with Crippen LogP contribution in [0.5, 0.6) is 0 Å². The van der Waals surface area contributed by atoms with Gasteiger partial charge >= 0.3 is 6.03 Å². The van der Waals surface area contributed by atoms with Gasteiger partial charge in [-0.3, -0.25) is 10.1 Å². The Kier molecular flexibility index (Phi) is 5.10. The third-order valence-corrected chi connectivity index (χ3v) is 3.03. The highest BCUT2D eigenvalue weighted by Gasteiger charge is 2.12. The zero-order valence-electron chi connectivity index (χ0n) is 11.9. The van der Waals surface area contributed by atoms with Crippen molar-refractivity contribution in [2.24, 2.45) is 0 Å². The smallest absolute Gasteiger partial charge is 0.321 e. The second kappa shape index (κ2) is 7.24. The Bertz CT molecular complexity index is 597. The number of hydrogen-bond donors (Lipinski definition) is 2. The second-order valence-electron chi connectivity index (χ2n) is 4.88. The normalized spacial score (nSPS) is 11.5. The quantitative estimate of drug-likeness (QED) is 0.906. The summed E-state index contributed by atoms with van der Waals surface area (Å²) in [5, 5.41) is 5.08. The van der Waals surface area contributed by atoms with E-state index in [4.69, 9.17) is 0 Å². The number of nitrogens with one attached hydrogen (secondary N) is 2. The Morgan fingerprint density at radius 1 is 0.952 bits per heavy atom. The second-order valence-corrected chi connectivity index (χ2v) is 4.88. The number of benzene rings is 2. The van der Waals surface area contributed by atoms with Gasteiger partial charge in [0.15, 0.2) is 0 Å². The molecule has 0 aliphatic carbocycles. The van der Waals surface area contributed by atoms with Gasteiger partial charge in [-0.05, 0) is 31.0 Å². The van der Waals surface area contributed by atoms with Crippen molar-refractivity contribution in [3.8, 4) is 0 Å². The van der Waals surface area contributed by atoms with E-state index in [1.165, 1.54) is 0 Å². The average Bonchev–Trinajstić information content (AvgIpc) is 2.48. The van der Waals surface area contributed by atoms with Crippen LogP contribution in [0.25, 0.3) is 0 Å². The van der Waals surface area contributed by atoms with Gasteiger partial charge < -0.3 is 5.32 Å². The summed E-state index contributed by atoms with van der Waals surface area (Å²) in [6.07, 6.45) is 0.716. The molecule has 0 aliphatic heterocycles. The number of imide groups is 1. The highest BCUT2D eigenvalue weighted by atomic mass is 16.2. The fraction of sp³-hybridized carbons (Fsp3) is 0.176. The number of urea groups is 1. The molecule has 0 heterocycles.